The van der Waals surface area contributed by atoms with Crippen LogP contribution in [-0.4, -0.2) is 48.4 Å². The number of piperazine rings is 1. The van der Waals surface area contributed by atoms with Gasteiger partial charge in [-0.05, 0) is 12.1 Å². The van der Waals surface area contributed by atoms with Gasteiger partial charge in [-0.15, -0.1) is 0 Å². The maximum absolute atomic E-state index is 6.34. The van der Waals surface area contributed by atoms with Gasteiger partial charge in [-0.1, -0.05) is 24.3 Å². The number of hydrogen-bond acceptors (Lipinski definition) is 5. The lowest BCUT2D eigenvalue weighted by molar-refractivity contribution is 0.227. The highest BCUT2D eigenvalue weighted by atomic mass is 16.5. The predicted molar refractivity (Wildman–Crippen MR) is 110 cm³/mol. The zero-order chi connectivity index (χ0) is 18.9. The second-order valence-corrected chi connectivity index (χ2v) is 7.30. The first-order chi connectivity index (χ1) is 13.8. The van der Waals surface area contributed by atoms with E-state index >= 15 is 0 Å². The number of methoxy groups -OCH3 is 1. The molecule has 0 atom stereocenters. The minimum Gasteiger partial charge on any atom is -0.496 e. The molecule has 0 saturated carbocycles. The van der Waals surface area contributed by atoms with Crippen molar-refractivity contribution in [2.45, 2.75) is 13.0 Å². The average Bonchev–Trinajstić information content (AvgIpc) is 3.34. The number of allylic oxidation sites excluding steroid dienone is 1. The lowest BCUT2D eigenvalue weighted by Crippen LogP contribution is -2.42. The molecule has 1 saturated heterocycles. The van der Waals surface area contributed by atoms with Crippen LogP contribution in [0, 0.1) is 0 Å². The molecule has 0 aliphatic carbocycles. The van der Waals surface area contributed by atoms with Gasteiger partial charge >= 0.3 is 0 Å². The highest BCUT2D eigenvalue weighted by molar-refractivity contribution is 5.86. The summed E-state index contributed by atoms with van der Waals surface area (Å²) in [4.78, 5) is 2.45. The fourth-order valence-electron chi connectivity index (χ4n) is 4.04. The largest absolute Gasteiger partial charge is 0.496 e. The van der Waals surface area contributed by atoms with Crippen LogP contribution in [0.1, 0.15) is 16.8 Å². The highest BCUT2D eigenvalue weighted by Crippen LogP contribution is 2.40. The Labute approximate surface area is 164 Å². The minimum absolute atomic E-state index is 0.779. The highest BCUT2D eigenvalue weighted by Gasteiger charge is 2.25. The van der Waals surface area contributed by atoms with Gasteiger partial charge in [-0.2, -0.15) is 5.10 Å². The molecule has 3 aromatic rings. The zero-order valence-corrected chi connectivity index (χ0v) is 16.0. The van der Waals surface area contributed by atoms with Crippen LogP contribution >= 0.6 is 0 Å². The van der Waals surface area contributed by atoms with Crippen molar-refractivity contribution < 1.29 is 9.47 Å². The van der Waals surface area contributed by atoms with Crippen LogP contribution in [0.15, 0.2) is 42.2 Å². The van der Waals surface area contributed by atoms with E-state index in [4.69, 9.17) is 9.47 Å². The van der Waals surface area contributed by atoms with E-state index in [1.807, 2.05) is 18.2 Å². The molecule has 0 spiro atoms. The van der Waals surface area contributed by atoms with Crippen molar-refractivity contribution in [3.05, 3.63) is 59.0 Å². The van der Waals surface area contributed by atoms with E-state index in [0.29, 0.717) is 0 Å². The number of ether oxygens (including phenoxy) is 2. The third-order valence-electron chi connectivity index (χ3n) is 5.50. The van der Waals surface area contributed by atoms with Gasteiger partial charge < -0.3 is 14.8 Å². The number of aromatic amines is 1. The van der Waals surface area contributed by atoms with Gasteiger partial charge in [-0.25, -0.2) is 0 Å². The second-order valence-electron chi connectivity index (χ2n) is 7.30. The van der Waals surface area contributed by atoms with Crippen LogP contribution in [0.2, 0.25) is 0 Å². The van der Waals surface area contributed by atoms with Crippen molar-refractivity contribution in [1.29, 1.82) is 0 Å². The molecule has 0 unspecified atom stereocenters. The molecule has 2 N–H and O–H groups in total. The first-order valence-electron chi connectivity index (χ1n) is 9.75. The lowest BCUT2D eigenvalue weighted by Gasteiger charge is -2.28. The van der Waals surface area contributed by atoms with Gasteiger partial charge in [-0.3, -0.25) is 10.00 Å². The second kappa shape index (κ2) is 7.30. The first-order valence-corrected chi connectivity index (χ1v) is 9.75. The first kappa shape index (κ1) is 17.3. The van der Waals surface area contributed by atoms with E-state index in [1.54, 1.807) is 7.11 Å². The van der Waals surface area contributed by atoms with E-state index < -0.39 is 0 Å². The number of hydrogen-bond donors (Lipinski definition) is 2. The summed E-state index contributed by atoms with van der Waals surface area (Å²) < 4.78 is 12.0. The van der Waals surface area contributed by atoms with Crippen molar-refractivity contribution in [1.82, 2.24) is 20.4 Å². The summed E-state index contributed by atoms with van der Waals surface area (Å²) in [7, 11) is 1.73. The number of rotatable bonds is 4. The number of benzene rings is 2. The molecule has 3 heterocycles. The van der Waals surface area contributed by atoms with Crippen LogP contribution < -0.4 is 14.8 Å². The van der Waals surface area contributed by atoms with Crippen molar-refractivity contribution in [2.24, 2.45) is 0 Å². The molecule has 1 aromatic heterocycles. The topological polar surface area (TPSA) is 62.4 Å². The summed E-state index contributed by atoms with van der Waals surface area (Å²) in [5.41, 5.74) is 4.29. The van der Waals surface area contributed by atoms with Crippen molar-refractivity contribution in [3.63, 3.8) is 0 Å². The molecule has 28 heavy (non-hydrogen) atoms. The molecule has 2 aliphatic heterocycles. The summed E-state index contributed by atoms with van der Waals surface area (Å²) in [6.45, 7) is 4.96. The molecule has 2 aromatic carbocycles. The Kier molecular flexibility index (Phi) is 4.50. The van der Waals surface area contributed by atoms with Crippen LogP contribution in [-0.2, 0) is 13.0 Å². The maximum Gasteiger partial charge on any atom is 0.138 e. The third kappa shape index (κ3) is 3.15. The quantitative estimate of drug-likeness (QED) is 0.733. The van der Waals surface area contributed by atoms with Gasteiger partial charge in [0.1, 0.15) is 17.3 Å². The van der Waals surface area contributed by atoms with Crippen LogP contribution in [0.25, 0.3) is 17.0 Å². The number of para-hydroxylation sites is 1. The van der Waals surface area contributed by atoms with E-state index in [1.165, 1.54) is 5.56 Å². The standard InChI is InChI=1S/C22H24N4O2/c1-27-21-7-6-15-12-16(13-20-17-4-2-3-5-19(17)24-25-20)28-22(15)18(21)14-26-10-8-23-9-11-26/h2-7,13,23H,8-12,14H2,1H3,(H,24,25)/b16-13-. The van der Waals surface area contributed by atoms with Crippen LogP contribution in [0.3, 0.4) is 0 Å². The van der Waals surface area contributed by atoms with E-state index in [-0.39, 0.29) is 0 Å². The number of nitrogens with one attached hydrogen (secondary N) is 2. The Morgan fingerprint density at radius 2 is 2.04 bits per heavy atom. The van der Waals surface area contributed by atoms with Gasteiger partial charge in [0.25, 0.3) is 0 Å². The molecule has 2 aliphatic rings. The van der Waals surface area contributed by atoms with E-state index in [0.717, 1.165) is 78.6 Å². The molecule has 144 valence electrons. The normalized spacial score (nSPS) is 18.4. The summed E-state index contributed by atoms with van der Waals surface area (Å²) in [5.74, 6) is 2.78. The fourth-order valence-corrected chi connectivity index (χ4v) is 4.04. The summed E-state index contributed by atoms with van der Waals surface area (Å²) in [6.07, 6.45) is 2.84. The van der Waals surface area contributed by atoms with E-state index in [2.05, 4.69) is 44.7 Å². The maximum atomic E-state index is 6.34. The molecular weight excluding hydrogens is 352 g/mol. The summed E-state index contributed by atoms with van der Waals surface area (Å²) >= 11 is 0. The van der Waals surface area contributed by atoms with Crippen molar-refractivity contribution in [2.75, 3.05) is 33.3 Å². The monoisotopic (exact) mass is 376 g/mol. The Hall–Kier alpha value is -2.83. The molecular formula is C22H24N4O2. The molecule has 0 amide bonds. The third-order valence-corrected chi connectivity index (χ3v) is 5.50. The van der Waals surface area contributed by atoms with E-state index in [9.17, 15) is 0 Å². The summed E-state index contributed by atoms with van der Waals surface area (Å²) in [6, 6.07) is 12.3. The van der Waals surface area contributed by atoms with Gasteiger partial charge in [0.05, 0.1) is 23.9 Å². The molecule has 0 bridgehead atoms. The van der Waals surface area contributed by atoms with Gasteiger partial charge in [0, 0.05) is 56.2 Å². The number of aromatic nitrogens is 2. The average molecular weight is 376 g/mol. The SMILES string of the molecule is COc1ccc2c(c1CN1CCNCC1)O/C(=C\c1[nH]nc3ccccc13)C2. The molecule has 1 fully saturated rings. The number of fused-ring (bicyclic) bond motifs is 2. The van der Waals surface area contributed by atoms with Gasteiger partial charge in [0.2, 0.25) is 0 Å². The fraction of sp³-hybridized carbons (Fsp3) is 0.318. The number of nitrogens with zero attached hydrogens (tertiary/aromatic N) is 2. The smallest absolute Gasteiger partial charge is 0.138 e. The van der Waals surface area contributed by atoms with Crippen molar-refractivity contribution >= 4 is 17.0 Å². The molecule has 6 nitrogen and oxygen atoms in total. The molecule has 0 radical (unpaired) electrons. The van der Waals surface area contributed by atoms with Gasteiger partial charge in [0.15, 0.2) is 0 Å². The predicted octanol–water partition coefficient (Wildman–Crippen LogP) is 2.95. The Morgan fingerprint density at radius 3 is 2.89 bits per heavy atom. The number of H-pyrrole nitrogens is 1. The Balaban J connectivity index is 1.46. The summed E-state index contributed by atoms with van der Waals surface area (Å²) in [5, 5.41) is 12.0. The zero-order valence-electron chi connectivity index (χ0n) is 16.0. The molecule has 6 heteroatoms. The molecule has 5 rings (SSSR count). The Morgan fingerprint density at radius 1 is 1.18 bits per heavy atom. The Bertz CT molecular complexity index is 1030. The van der Waals surface area contributed by atoms with Crippen molar-refractivity contribution in [3.8, 4) is 11.5 Å². The minimum atomic E-state index is 0.779. The lowest BCUT2D eigenvalue weighted by atomic mass is 10.0. The van der Waals surface area contributed by atoms with Crippen LogP contribution in [0.4, 0.5) is 0 Å². The van der Waals surface area contributed by atoms with Crippen LogP contribution in [0.5, 0.6) is 11.5 Å².